The minimum Gasteiger partial charge on any atom is -0.478 e. The van der Waals surface area contributed by atoms with Crippen LogP contribution in [0.5, 0.6) is 0 Å². The first-order valence-corrected chi connectivity index (χ1v) is 6.51. The van der Waals surface area contributed by atoms with Crippen molar-refractivity contribution in [1.82, 2.24) is 0 Å². The monoisotopic (exact) mass is 280 g/mol. The molecular formula is C13H13FN2O2S. The van der Waals surface area contributed by atoms with E-state index in [4.69, 9.17) is 10.8 Å². The molecule has 0 saturated heterocycles. The fourth-order valence-electron chi connectivity index (χ4n) is 1.67. The molecule has 1 aromatic heterocycles. The zero-order valence-corrected chi connectivity index (χ0v) is 11.1. The number of halogens is 1. The van der Waals surface area contributed by atoms with Crippen molar-refractivity contribution in [2.24, 2.45) is 0 Å². The van der Waals surface area contributed by atoms with Gasteiger partial charge < -0.3 is 16.2 Å². The maximum atomic E-state index is 13.6. The van der Waals surface area contributed by atoms with Crippen LogP contribution < -0.4 is 11.1 Å². The van der Waals surface area contributed by atoms with Crippen molar-refractivity contribution >= 4 is 28.7 Å². The number of rotatable bonds is 4. The van der Waals surface area contributed by atoms with Crippen molar-refractivity contribution in [3.05, 3.63) is 45.4 Å². The molecule has 100 valence electrons. The smallest absolute Gasteiger partial charge is 0.338 e. The van der Waals surface area contributed by atoms with E-state index in [1.807, 2.05) is 17.7 Å². The zero-order chi connectivity index (χ0) is 14.0. The number of nitrogens with one attached hydrogen (secondary N) is 1. The number of carboxylic acid groups (broad SMARTS) is 1. The molecule has 0 atom stereocenters. The summed E-state index contributed by atoms with van der Waals surface area (Å²) in [5.74, 6) is -2.13. The summed E-state index contributed by atoms with van der Waals surface area (Å²) in [4.78, 5) is 10.8. The van der Waals surface area contributed by atoms with E-state index in [1.54, 1.807) is 11.3 Å². The van der Waals surface area contributed by atoms with Gasteiger partial charge in [0.1, 0.15) is 5.82 Å². The van der Waals surface area contributed by atoms with Gasteiger partial charge in [-0.15, -0.1) is 0 Å². The van der Waals surface area contributed by atoms with Crippen molar-refractivity contribution in [3.63, 3.8) is 0 Å². The third-order valence-electron chi connectivity index (χ3n) is 2.80. The Morgan fingerprint density at radius 2 is 2.21 bits per heavy atom. The van der Waals surface area contributed by atoms with Crippen LogP contribution in [0, 0.1) is 12.7 Å². The molecule has 4 nitrogen and oxygen atoms in total. The number of anilines is 2. The van der Waals surface area contributed by atoms with Crippen LogP contribution in [0.1, 0.15) is 21.5 Å². The number of thiophene rings is 1. The van der Waals surface area contributed by atoms with Crippen molar-refractivity contribution in [2.45, 2.75) is 13.5 Å². The molecule has 2 aromatic rings. The van der Waals surface area contributed by atoms with Crippen molar-refractivity contribution in [1.29, 1.82) is 0 Å². The van der Waals surface area contributed by atoms with Crippen LogP contribution in [0.2, 0.25) is 0 Å². The first-order valence-electron chi connectivity index (χ1n) is 5.57. The lowest BCUT2D eigenvalue weighted by molar-refractivity contribution is 0.0692. The second kappa shape index (κ2) is 5.27. The molecule has 0 fully saturated rings. The molecule has 1 heterocycles. The fraction of sp³-hybridized carbons (Fsp3) is 0.154. The number of nitrogen functional groups attached to an aromatic ring is 1. The van der Waals surface area contributed by atoms with E-state index in [9.17, 15) is 9.18 Å². The number of carbonyl (C=O) groups is 1. The third kappa shape index (κ3) is 2.85. The van der Waals surface area contributed by atoms with Gasteiger partial charge in [-0.2, -0.15) is 11.3 Å². The summed E-state index contributed by atoms with van der Waals surface area (Å²) < 4.78 is 13.6. The van der Waals surface area contributed by atoms with Gasteiger partial charge in [-0.3, -0.25) is 0 Å². The number of hydrogen-bond acceptors (Lipinski definition) is 4. The molecule has 0 spiro atoms. The predicted octanol–water partition coefficient (Wildman–Crippen LogP) is 3.09. The van der Waals surface area contributed by atoms with Crippen LogP contribution in [0.4, 0.5) is 15.8 Å². The Labute approximate surface area is 113 Å². The van der Waals surface area contributed by atoms with Gasteiger partial charge in [0.2, 0.25) is 0 Å². The van der Waals surface area contributed by atoms with Gasteiger partial charge in [-0.25, -0.2) is 9.18 Å². The lowest BCUT2D eigenvalue weighted by Crippen LogP contribution is -2.07. The van der Waals surface area contributed by atoms with Crippen LogP contribution in [0.15, 0.2) is 22.9 Å². The SMILES string of the molecule is Cc1cscc1CNc1cc(F)c(C(=O)O)cc1N. The molecule has 0 amide bonds. The van der Waals surface area contributed by atoms with Crippen LogP contribution in [-0.4, -0.2) is 11.1 Å². The van der Waals surface area contributed by atoms with E-state index >= 15 is 0 Å². The summed E-state index contributed by atoms with van der Waals surface area (Å²) in [7, 11) is 0. The average molecular weight is 280 g/mol. The van der Waals surface area contributed by atoms with Gasteiger partial charge >= 0.3 is 5.97 Å². The normalized spacial score (nSPS) is 10.4. The van der Waals surface area contributed by atoms with E-state index < -0.39 is 17.3 Å². The van der Waals surface area contributed by atoms with E-state index in [0.717, 1.165) is 23.3 Å². The highest BCUT2D eigenvalue weighted by molar-refractivity contribution is 7.08. The minimum absolute atomic E-state index is 0.215. The maximum absolute atomic E-state index is 13.6. The molecule has 0 saturated carbocycles. The Balaban J connectivity index is 2.20. The first-order chi connectivity index (χ1) is 8.99. The standard InChI is InChI=1S/C13H13FN2O2S/c1-7-5-19-6-8(7)4-16-12-3-10(14)9(13(17)18)2-11(12)15/h2-3,5-6,16H,4,15H2,1H3,(H,17,18). The third-order valence-corrected chi connectivity index (χ3v) is 3.71. The van der Waals surface area contributed by atoms with Crippen LogP contribution in [0.3, 0.4) is 0 Å². The molecule has 2 rings (SSSR count). The Hall–Kier alpha value is -2.08. The number of carboxylic acids is 1. The van der Waals surface area contributed by atoms with E-state index in [-0.39, 0.29) is 5.69 Å². The van der Waals surface area contributed by atoms with E-state index in [0.29, 0.717) is 12.2 Å². The molecule has 0 aliphatic heterocycles. The van der Waals surface area contributed by atoms with Gasteiger partial charge in [0.25, 0.3) is 0 Å². The van der Waals surface area contributed by atoms with Gasteiger partial charge in [-0.05, 0) is 40.9 Å². The topological polar surface area (TPSA) is 75.3 Å². The predicted molar refractivity (Wildman–Crippen MR) is 74.2 cm³/mol. The van der Waals surface area contributed by atoms with Crippen LogP contribution in [-0.2, 0) is 6.54 Å². The number of nitrogens with two attached hydrogens (primary N) is 1. The van der Waals surface area contributed by atoms with Gasteiger partial charge in [-0.1, -0.05) is 0 Å². The zero-order valence-electron chi connectivity index (χ0n) is 10.2. The highest BCUT2D eigenvalue weighted by Gasteiger charge is 2.13. The minimum atomic E-state index is -1.33. The summed E-state index contributed by atoms with van der Waals surface area (Å²) in [6.07, 6.45) is 0. The summed E-state index contributed by atoms with van der Waals surface area (Å²) >= 11 is 1.59. The van der Waals surface area contributed by atoms with Crippen molar-refractivity contribution in [3.8, 4) is 0 Å². The molecule has 0 aliphatic carbocycles. The average Bonchev–Trinajstić information content (AvgIpc) is 2.75. The van der Waals surface area contributed by atoms with Gasteiger partial charge in [0.15, 0.2) is 0 Å². The maximum Gasteiger partial charge on any atom is 0.338 e. The summed E-state index contributed by atoms with van der Waals surface area (Å²) in [5.41, 5.74) is 8.16. The van der Waals surface area contributed by atoms with E-state index in [2.05, 4.69) is 5.32 Å². The number of benzene rings is 1. The Bertz CT molecular complexity index is 625. The highest BCUT2D eigenvalue weighted by Crippen LogP contribution is 2.24. The molecule has 0 unspecified atom stereocenters. The summed E-state index contributed by atoms with van der Waals surface area (Å²) in [6, 6.07) is 2.24. The largest absolute Gasteiger partial charge is 0.478 e. The van der Waals surface area contributed by atoms with E-state index in [1.165, 1.54) is 0 Å². The molecule has 1 aromatic carbocycles. The molecular weight excluding hydrogens is 267 g/mol. The van der Waals surface area contributed by atoms with Crippen molar-refractivity contribution in [2.75, 3.05) is 11.1 Å². The lowest BCUT2D eigenvalue weighted by Gasteiger charge is -2.10. The number of hydrogen-bond donors (Lipinski definition) is 3. The Morgan fingerprint density at radius 3 is 2.79 bits per heavy atom. The first kappa shape index (κ1) is 13.4. The molecule has 0 aliphatic rings. The fourth-order valence-corrected chi connectivity index (χ4v) is 2.52. The lowest BCUT2D eigenvalue weighted by atomic mass is 10.1. The Kier molecular flexibility index (Phi) is 3.71. The van der Waals surface area contributed by atoms with Gasteiger partial charge in [0.05, 0.1) is 16.9 Å². The van der Waals surface area contributed by atoms with Gasteiger partial charge in [0, 0.05) is 6.54 Å². The molecule has 0 radical (unpaired) electrons. The molecule has 19 heavy (non-hydrogen) atoms. The van der Waals surface area contributed by atoms with Crippen molar-refractivity contribution < 1.29 is 14.3 Å². The molecule has 0 bridgehead atoms. The summed E-state index contributed by atoms with van der Waals surface area (Å²) in [5, 5.41) is 15.8. The molecule has 6 heteroatoms. The highest BCUT2D eigenvalue weighted by atomic mass is 32.1. The molecule has 4 N–H and O–H groups in total. The summed E-state index contributed by atoms with van der Waals surface area (Å²) in [6.45, 7) is 2.51. The quantitative estimate of drug-likeness (QED) is 0.752. The second-order valence-electron chi connectivity index (χ2n) is 4.16. The van der Waals surface area contributed by atoms with Crippen LogP contribution in [0.25, 0.3) is 0 Å². The number of aryl methyl sites for hydroxylation is 1. The Morgan fingerprint density at radius 1 is 1.47 bits per heavy atom. The number of aromatic carboxylic acids is 1. The second-order valence-corrected chi connectivity index (χ2v) is 4.90. The van der Waals surface area contributed by atoms with Crippen LogP contribution >= 0.6 is 11.3 Å².